The molecule has 1 aromatic carbocycles. The summed E-state index contributed by atoms with van der Waals surface area (Å²) in [5.74, 6) is 0.349. The van der Waals surface area contributed by atoms with Gasteiger partial charge in [0.05, 0.1) is 23.3 Å². The number of hydrogen-bond donors (Lipinski definition) is 2. The van der Waals surface area contributed by atoms with Crippen LogP contribution in [0, 0.1) is 0 Å². The molecule has 2 unspecified atom stereocenters. The average molecular weight is 518 g/mol. The van der Waals surface area contributed by atoms with E-state index >= 15 is 0 Å². The molecule has 4 atom stereocenters. The highest BCUT2D eigenvalue weighted by molar-refractivity contribution is 5.85. The van der Waals surface area contributed by atoms with Crippen LogP contribution in [-0.2, 0) is 11.0 Å². The average Bonchev–Trinajstić information content (AvgIpc) is 3.36. The number of benzene rings is 1. The highest BCUT2D eigenvalue weighted by Gasteiger charge is 2.42. The van der Waals surface area contributed by atoms with E-state index in [4.69, 9.17) is 0 Å². The number of aromatic nitrogens is 2. The van der Waals surface area contributed by atoms with Gasteiger partial charge in [0.1, 0.15) is 12.1 Å². The molecule has 2 N–H and O–H groups in total. The summed E-state index contributed by atoms with van der Waals surface area (Å²) in [6, 6.07) is 4.89. The molecule has 37 heavy (non-hydrogen) atoms. The summed E-state index contributed by atoms with van der Waals surface area (Å²) in [5, 5.41) is 13.9. The fourth-order valence-electron chi connectivity index (χ4n) is 6.13. The highest BCUT2D eigenvalue weighted by Crippen LogP contribution is 2.43. The van der Waals surface area contributed by atoms with Crippen LogP contribution in [0.4, 0.5) is 19.0 Å². The number of carbonyl (C=O) groups is 1. The van der Waals surface area contributed by atoms with E-state index in [1.165, 1.54) is 18.5 Å². The minimum absolute atomic E-state index is 0.0636. The maximum absolute atomic E-state index is 13.9. The summed E-state index contributed by atoms with van der Waals surface area (Å²) in [7, 11) is 0. The van der Waals surface area contributed by atoms with Crippen LogP contribution >= 0.6 is 0 Å². The lowest BCUT2D eigenvalue weighted by Gasteiger charge is -2.39. The van der Waals surface area contributed by atoms with Gasteiger partial charge in [0, 0.05) is 43.3 Å². The van der Waals surface area contributed by atoms with Gasteiger partial charge in [-0.05, 0) is 56.7 Å². The molecular formula is C27H34F3N5O2. The number of amides is 1. The van der Waals surface area contributed by atoms with Crippen molar-refractivity contribution in [1.82, 2.24) is 20.2 Å². The van der Waals surface area contributed by atoms with Crippen molar-refractivity contribution in [3.8, 4) is 0 Å². The zero-order valence-corrected chi connectivity index (χ0v) is 21.4. The third-order valence-corrected chi connectivity index (χ3v) is 8.09. The molecule has 1 amide bonds. The van der Waals surface area contributed by atoms with Crippen LogP contribution in [0.3, 0.4) is 0 Å². The number of anilines is 1. The highest BCUT2D eigenvalue weighted by atomic mass is 19.4. The van der Waals surface area contributed by atoms with E-state index in [2.05, 4.69) is 41.0 Å². The molecular weight excluding hydrogens is 483 g/mol. The number of aliphatic hydroxyl groups is 1. The van der Waals surface area contributed by atoms with Crippen molar-refractivity contribution < 1.29 is 23.1 Å². The van der Waals surface area contributed by atoms with Crippen LogP contribution in [-0.4, -0.2) is 63.6 Å². The topological polar surface area (TPSA) is 81.6 Å². The number of piperazine rings is 1. The summed E-state index contributed by atoms with van der Waals surface area (Å²) in [4.78, 5) is 26.7. The van der Waals surface area contributed by atoms with E-state index in [0.717, 1.165) is 36.4 Å². The Bertz CT molecular complexity index is 1150. The zero-order chi connectivity index (χ0) is 26.5. The molecule has 7 nitrogen and oxygen atoms in total. The summed E-state index contributed by atoms with van der Waals surface area (Å²) >= 11 is 0. The lowest BCUT2D eigenvalue weighted by atomic mass is 9.88. The van der Waals surface area contributed by atoms with Crippen molar-refractivity contribution in [2.75, 3.05) is 31.1 Å². The number of aliphatic hydroxyl groups excluding tert-OH is 1. The fraction of sp³-hybridized carbons (Fsp3) is 0.593. The Morgan fingerprint density at radius 2 is 1.81 bits per heavy atom. The smallest absolute Gasteiger partial charge is 0.387 e. The predicted molar refractivity (Wildman–Crippen MR) is 133 cm³/mol. The second-order valence-corrected chi connectivity index (χ2v) is 11.2. The van der Waals surface area contributed by atoms with Gasteiger partial charge >= 0.3 is 6.18 Å². The van der Waals surface area contributed by atoms with E-state index in [1.54, 1.807) is 0 Å². The number of nitrogens with zero attached hydrogens (tertiary/aromatic N) is 4. The third-order valence-electron chi connectivity index (χ3n) is 8.09. The Hall–Kier alpha value is -2.72. The Balaban J connectivity index is 1.35. The van der Waals surface area contributed by atoms with Gasteiger partial charge in [-0.15, -0.1) is 0 Å². The maximum atomic E-state index is 13.9. The van der Waals surface area contributed by atoms with Gasteiger partial charge in [0.25, 0.3) is 0 Å². The third kappa shape index (κ3) is 5.05. The van der Waals surface area contributed by atoms with Crippen LogP contribution in [0.25, 0.3) is 0 Å². The largest absolute Gasteiger partial charge is 0.416 e. The Labute approximate surface area is 215 Å². The van der Waals surface area contributed by atoms with Crippen molar-refractivity contribution in [1.29, 1.82) is 0 Å². The summed E-state index contributed by atoms with van der Waals surface area (Å²) in [6.45, 7) is 8.37. The minimum Gasteiger partial charge on any atom is -0.387 e. The zero-order valence-electron chi connectivity index (χ0n) is 21.4. The van der Waals surface area contributed by atoms with Gasteiger partial charge in [-0.25, -0.2) is 9.97 Å². The molecule has 200 valence electrons. The van der Waals surface area contributed by atoms with E-state index in [1.807, 2.05) is 4.90 Å². The molecule has 1 aliphatic carbocycles. The molecule has 3 heterocycles. The molecule has 2 saturated heterocycles. The van der Waals surface area contributed by atoms with Gasteiger partial charge in [-0.3, -0.25) is 4.79 Å². The predicted octanol–water partition coefficient (Wildman–Crippen LogP) is 4.00. The standard InChI is InChI=1S/C27H34F3N5O2/c1-16-14-20(36)23-21(16)24(32-15-31-23)34-10-12-35(13-11-34)25(37)22(19-8-9-26(2,3)33-19)17-4-6-18(7-5-17)27(28,29)30/h4-7,15-16,19-20,22,33,36H,8-14H2,1-3H3/t16-,19?,20+,22?/m1/s1. The SMILES string of the molecule is C[C@@H]1C[C@H](O)c2ncnc(N3CCN(C(=O)C(c4ccc(C(F)(F)F)cc4)C4CCC(C)(C)N4)CC3)c21. The van der Waals surface area contributed by atoms with E-state index in [0.29, 0.717) is 43.9 Å². The van der Waals surface area contributed by atoms with Crippen LogP contribution in [0.1, 0.15) is 80.4 Å². The number of halogens is 3. The van der Waals surface area contributed by atoms with Crippen molar-refractivity contribution in [2.24, 2.45) is 0 Å². The lowest BCUT2D eigenvalue weighted by molar-refractivity contribution is -0.137. The molecule has 2 aliphatic heterocycles. The van der Waals surface area contributed by atoms with Gasteiger partial charge < -0.3 is 20.2 Å². The molecule has 2 aromatic rings. The first-order valence-corrected chi connectivity index (χ1v) is 13.0. The molecule has 1 aromatic heterocycles. The minimum atomic E-state index is -4.42. The van der Waals surface area contributed by atoms with Crippen LogP contribution in [0.15, 0.2) is 30.6 Å². The Kier molecular flexibility index (Phi) is 6.68. The van der Waals surface area contributed by atoms with Crippen molar-refractivity contribution >= 4 is 11.7 Å². The van der Waals surface area contributed by atoms with Crippen LogP contribution in [0.2, 0.25) is 0 Å². The fourth-order valence-corrected chi connectivity index (χ4v) is 6.13. The summed E-state index contributed by atoms with van der Waals surface area (Å²) < 4.78 is 39.5. The van der Waals surface area contributed by atoms with Gasteiger partial charge in [0.2, 0.25) is 5.91 Å². The molecule has 0 bridgehead atoms. The second-order valence-electron chi connectivity index (χ2n) is 11.2. The first-order chi connectivity index (χ1) is 17.4. The number of fused-ring (bicyclic) bond motifs is 1. The molecule has 10 heteroatoms. The molecule has 2 fully saturated rings. The summed E-state index contributed by atoms with van der Waals surface area (Å²) in [6.07, 6.45) is -1.23. The second kappa shape index (κ2) is 9.54. The normalized spacial score (nSPS) is 26.3. The van der Waals surface area contributed by atoms with E-state index < -0.39 is 23.8 Å². The van der Waals surface area contributed by atoms with E-state index in [-0.39, 0.29) is 23.4 Å². The van der Waals surface area contributed by atoms with Crippen molar-refractivity contribution in [3.63, 3.8) is 0 Å². The molecule has 0 spiro atoms. The van der Waals surface area contributed by atoms with E-state index in [9.17, 15) is 23.1 Å². The number of rotatable bonds is 4. The number of hydrogen-bond acceptors (Lipinski definition) is 6. The maximum Gasteiger partial charge on any atom is 0.416 e. The Morgan fingerprint density at radius 3 is 2.41 bits per heavy atom. The van der Waals surface area contributed by atoms with Crippen LogP contribution < -0.4 is 10.2 Å². The van der Waals surface area contributed by atoms with Crippen LogP contribution in [0.5, 0.6) is 0 Å². The first kappa shape index (κ1) is 25.9. The molecule has 0 radical (unpaired) electrons. The summed E-state index contributed by atoms with van der Waals surface area (Å²) in [5.41, 5.74) is 1.42. The monoisotopic (exact) mass is 517 g/mol. The number of alkyl halides is 3. The molecule has 3 aliphatic rings. The quantitative estimate of drug-likeness (QED) is 0.638. The van der Waals surface area contributed by atoms with Crippen molar-refractivity contribution in [3.05, 3.63) is 53.0 Å². The lowest BCUT2D eigenvalue weighted by Crippen LogP contribution is -2.53. The van der Waals surface area contributed by atoms with Gasteiger partial charge in [-0.2, -0.15) is 13.2 Å². The molecule has 0 saturated carbocycles. The Morgan fingerprint density at radius 1 is 1.14 bits per heavy atom. The number of carbonyl (C=O) groups excluding carboxylic acids is 1. The van der Waals surface area contributed by atoms with Gasteiger partial charge in [0.15, 0.2) is 0 Å². The van der Waals surface area contributed by atoms with Gasteiger partial charge in [-0.1, -0.05) is 19.1 Å². The van der Waals surface area contributed by atoms with Crippen molar-refractivity contribution in [2.45, 2.75) is 75.7 Å². The first-order valence-electron chi connectivity index (χ1n) is 13.0. The number of nitrogens with one attached hydrogen (secondary N) is 1. The molecule has 5 rings (SSSR count).